The highest BCUT2D eigenvalue weighted by Gasteiger charge is 2.09. The summed E-state index contributed by atoms with van der Waals surface area (Å²) in [6.07, 6.45) is 1.86. The van der Waals surface area contributed by atoms with Gasteiger partial charge in [-0.25, -0.2) is 4.98 Å². The molecule has 0 saturated heterocycles. The van der Waals surface area contributed by atoms with Crippen molar-refractivity contribution in [3.05, 3.63) is 70.0 Å². The summed E-state index contributed by atoms with van der Waals surface area (Å²) in [5.74, 6) is 0.710. The maximum atomic E-state index is 9.52. The molecule has 3 aromatic rings. The molecule has 0 saturated carbocycles. The van der Waals surface area contributed by atoms with Crippen molar-refractivity contribution in [3.63, 3.8) is 0 Å². The molecule has 0 unspecified atom stereocenters. The van der Waals surface area contributed by atoms with Crippen molar-refractivity contribution in [2.75, 3.05) is 0 Å². The Bertz CT molecular complexity index is 929. The zero-order chi connectivity index (χ0) is 17.8. The summed E-state index contributed by atoms with van der Waals surface area (Å²) < 4.78 is 0. The van der Waals surface area contributed by atoms with Gasteiger partial charge in [-0.05, 0) is 47.4 Å². The van der Waals surface area contributed by atoms with Crippen molar-refractivity contribution in [1.82, 2.24) is 4.98 Å². The SMILES string of the molecule is CC(C)c1ccc(/C=C(\C#N)c2nc(-c3ccc(O)cc3)cs2)cc1. The number of nitrogens with zero attached hydrogens (tertiary/aromatic N) is 2. The van der Waals surface area contributed by atoms with Crippen LogP contribution in [0.4, 0.5) is 0 Å². The topological polar surface area (TPSA) is 56.9 Å². The third-order valence-corrected chi connectivity index (χ3v) is 4.81. The predicted octanol–water partition coefficient (Wildman–Crippen LogP) is 5.70. The number of benzene rings is 2. The van der Waals surface area contributed by atoms with Gasteiger partial charge in [-0.1, -0.05) is 38.1 Å². The van der Waals surface area contributed by atoms with Crippen LogP contribution >= 0.6 is 11.3 Å². The van der Waals surface area contributed by atoms with Crippen LogP contribution < -0.4 is 0 Å². The monoisotopic (exact) mass is 346 g/mol. The number of hydrogen-bond acceptors (Lipinski definition) is 4. The van der Waals surface area contributed by atoms with E-state index in [1.807, 2.05) is 35.7 Å². The minimum Gasteiger partial charge on any atom is -0.508 e. The van der Waals surface area contributed by atoms with E-state index >= 15 is 0 Å². The van der Waals surface area contributed by atoms with Crippen LogP contribution in [0.1, 0.15) is 35.9 Å². The minimum atomic E-state index is 0.224. The first-order valence-corrected chi connectivity index (χ1v) is 8.92. The summed E-state index contributed by atoms with van der Waals surface area (Å²) in [7, 11) is 0. The van der Waals surface area contributed by atoms with Crippen LogP contribution in [0.3, 0.4) is 0 Å². The van der Waals surface area contributed by atoms with Gasteiger partial charge in [0.05, 0.1) is 11.3 Å². The lowest BCUT2D eigenvalue weighted by Crippen LogP contribution is -1.87. The molecule has 0 aliphatic carbocycles. The number of nitriles is 1. The van der Waals surface area contributed by atoms with Gasteiger partial charge in [-0.3, -0.25) is 0 Å². The third kappa shape index (κ3) is 3.96. The molecule has 3 rings (SSSR count). The summed E-state index contributed by atoms with van der Waals surface area (Å²) in [5, 5.41) is 21.5. The Balaban J connectivity index is 1.88. The standard InChI is InChI=1S/C21H18N2OS/c1-14(2)16-5-3-15(4-6-16)11-18(12-22)21-23-20(13-25-21)17-7-9-19(24)10-8-17/h3-11,13-14,24H,1-2H3/b18-11+. The van der Waals surface area contributed by atoms with Crippen molar-refractivity contribution in [2.45, 2.75) is 19.8 Å². The molecule has 0 radical (unpaired) electrons. The normalized spacial score (nSPS) is 11.5. The van der Waals surface area contributed by atoms with Crippen molar-refractivity contribution >= 4 is 23.0 Å². The molecule has 2 aromatic carbocycles. The summed E-state index contributed by atoms with van der Waals surface area (Å²) in [6.45, 7) is 4.32. The van der Waals surface area contributed by atoms with Crippen LogP contribution in [0.2, 0.25) is 0 Å². The third-order valence-electron chi connectivity index (χ3n) is 3.93. The van der Waals surface area contributed by atoms with Crippen molar-refractivity contribution < 1.29 is 5.11 Å². The summed E-state index contributed by atoms with van der Waals surface area (Å²) >= 11 is 1.44. The fourth-order valence-corrected chi connectivity index (χ4v) is 3.24. The van der Waals surface area contributed by atoms with Crippen molar-refractivity contribution in [2.24, 2.45) is 0 Å². The Labute approximate surface area is 151 Å². The van der Waals surface area contributed by atoms with Crippen molar-refractivity contribution in [1.29, 1.82) is 5.26 Å². The molecule has 0 atom stereocenters. The smallest absolute Gasteiger partial charge is 0.134 e. The Kier molecular flexibility index (Phi) is 4.97. The van der Waals surface area contributed by atoms with Gasteiger partial charge in [0.15, 0.2) is 0 Å². The molecule has 0 fully saturated rings. The molecule has 1 N–H and O–H groups in total. The summed E-state index contributed by atoms with van der Waals surface area (Å²) in [4.78, 5) is 4.57. The first kappa shape index (κ1) is 16.9. The molecular formula is C21H18N2OS. The second-order valence-electron chi connectivity index (χ2n) is 6.08. The highest BCUT2D eigenvalue weighted by atomic mass is 32.1. The van der Waals surface area contributed by atoms with Gasteiger partial charge in [0.2, 0.25) is 0 Å². The van der Waals surface area contributed by atoms with E-state index in [4.69, 9.17) is 0 Å². The maximum Gasteiger partial charge on any atom is 0.134 e. The summed E-state index contributed by atoms with van der Waals surface area (Å²) in [6, 6.07) is 17.4. The van der Waals surface area contributed by atoms with Gasteiger partial charge in [-0.15, -0.1) is 11.3 Å². The minimum absolute atomic E-state index is 0.224. The Hall–Kier alpha value is -2.90. The lowest BCUT2D eigenvalue weighted by molar-refractivity contribution is 0.475. The second kappa shape index (κ2) is 7.33. The fraction of sp³-hybridized carbons (Fsp3) is 0.143. The second-order valence-corrected chi connectivity index (χ2v) is 6.93. The number of hydrogen-bond donors (Lipinski definition) is 1. The molecule has 1 heterocycles. The number of phenolic OH excluding ortho intramolecular Hbond substituents is 1. The number of aromatic nitrogens is 1. The zero-order valence-corrected chi connectivity index (χ0v) is 14.9. The maximum absolute atomic E-state index is 9.52. The molecule has 124 valence electrons. The number of allylic oxidation sites excluding steroid dienone is 1. The Morgan fingerprint density at radius 3 is 2.40 bits per heavy atom. The van der Waals surface area contributed by atoms with Crippen LogP contribution in [0.5, 0.6) is 5.75 Å². The van der Waals surface area contributed by atoms with E-state index in [1.165, 1.54) is 16.9 Å². The highest BCUT2D eigenvalue weighted by Crippen LogP contribution is 2.28. The van der Waals surface area contributed by atoms with Crippen molar-refractivity contribution in [3.8, 4) is 23.1 Å². The molecule has 0 aliphatic heterocycles. The number of rotatable bonds is 4. The molecule has 0 aliphatic rings. The van der Waals surface area contributed by atoms with Crippen LogP contribution in [0, 0.1) is 11.3 Å². The molecule has 3 nitrogen and oxygen atoms in total. The quantitative estimate of drug-likeness (QED) is 0.616. The van der Waals surface area contributed by atoms with E-state index in [-0.39, 0.29) is 5.75 Å². The van der Waals surface area contributed by atoms with E-state index in [0.717, 1.165) is 16.8 Å². The van der Waals surface area contributed by atoms with E-state index in [9.17, 15) is 10.4 Å². The van der Waals surface area contributed by atoms with Crippen LogP contribution in [0.15, 0.2) is 53.9 Å². The number of thiazole rings is 1. The predicted molar refractivity (Wildman–Crippen MR) is 103 cm³/mol. The number of phenols is 1. The van der Waals surface area contributed by atoms with Crippen LogP contribution in [-0.4, -0.2) is 10.1 Å². The molecule has 4 heteroatoms. The van der Waals surface area contributed by atoms with E-state index < -0.39 is 0 Å². The molecule has 0 bridgehead atoms. The van der Waals surface area contributed by atoms with Gasteiger partial charge < -0.3 is 5.11 Å². The van der Waals surface area contributed by atoms with E-state index in [0.29, 0.717) is 16.5 Å². The Morgan fingerprint density at radius 2 is 1.80 bits per heavy atom. The van der Waals surface area contributed by atoms with Gasteiger partial charge in [0.25, 0.3) is 0 Å². The lowest BCUT2D eigenvalue weighted by Gasteiger charge is -2.04. The fourth-order valence-electron chi connectivity index (χ4n) is 2.45. The number of aromatic hydroxyl groups is 1. The van der Waals surface area contributed by atoms with Gasteiger partial charge in [0, 0.05) is 10.9 Å². The molecule has 0 amide bonds. The first-order chi connectivity index (χ1) is 12.1. The van der Waals surface area contributed by atoms with E-state index in [2.05, 4.69) is 37.0 Å². The van der Waals surface area contributed by atoms with Gasteiger partial charge in [0.1, 0.15) is 16.8 Å². The van der Waals surface area contributed by atoms with Gasteiger partial charge >= 0.3 is 0 Å². The molecule has 25 heavy (non-hydrogen) atoms. The van der Waals surface area contributed by atoms with Gasteiger partial charge in [-0.2, -0.15) is 5.26 Å². The van der Waals surface area contributed by atoms with E-state index in [1.54, 1.807) is 12.1 Å². The average Bonchev–Trinajstić information content (AvgIpc) is 3.10. The zero-order valence-electron chi connectivity index (χ0n) is 14.1. The first-order valence-electron chi connectivity index (χ1n) is 8.04. The lowest BCUT2D eigenvalue weighted by atomic mass is 10.0. The molecule has 1 aromatic heterocycles. The molecule has 0 spiro atoms. The Morgan fingerprint density at radius 1 is 1.12 bits per heavy atom. The highest BCUT2D eigenvalue weighted by molar-refractivity contribution is 7.11. The average molecular weight is 346 g/mol. The largest absolute Gasteiger partial charge is 0.508 e. The molecular weight excluding hydrogens is 328 g/mol. The summed E-state index contributed by atoms with van der Waals surface area (Å²) in [5.41, 5.74) is 4.53. The van der Waals surface area contributed by atoms with Crippen LogP contribution in [0.25, 0.3) is 22.9 Å². The van der Waals surface area contributed by atoms with Crippen LogP contribution in [-0.2, 0) is 0 Å².